The van der Waals surface area contributed by atoms with Crippen LogP contribution in [0.15, 0.2) is 0 Å². The first-order valence-corrected chi connectivity index (χ1v) is 7.09. The fourth-order valence-corrected chi connectivity index (χ4v) is 2.05. The molecule has 0 saturated carbocycles. The Morgan fingerprint density at radius 3 is 1.95 bits per heavy atom. The van der Waals surface area contributed by atoms with E-state index in [0.717, 1.165) is 0 Å². The molecule has 6 heteroatoms. The van der Waals surface area contributed by atoms with Crippen LogP contribution in [0.3, 0.4) is 0 Å². The highest BCUT2D eigenvalue weighted by Gasteiger charge is 2.31. The molecule has 0 aromatic carbocycles. The predicted molar refractivity (Wildman–Crippen MR) is 77.5 cm³/mol. The van der Waals surface area contributed by atoms with E-state index in [9.17, 15) is 14.4 Å². The van der Waals surface area contributed by atoms with Crippen molar-refractivity contribution in [3.05, 3.63) is 0 Å². The molecule has 0 fully saturated rings. The van der Waals surface area contributed by atoms with Gasteiger partial charge in [0.25, 0.3) is 0 Å². The fraction of sp³-hybridized carbons (Fsp3) is 0.786. The SMILES string of the molecule is CCC(N)C(=O)C([C]=O)CC(CCN)C(=O)C(N)CC. The Hall–Kier alpha value is -1.11. The molecule has 0 aromatic heterocycles. The molecular weight excluding hydrogens is 258 g/mol. The quantitative estimate of drug-likeness (QED) is 0.446. The summed E-state index contributed by atoms with van der Waals surface area (Å²) in [5.74, 6) is -2.00. The van der Waals surface area contributed by atoms with E-state index in [-0.39, 0.29) is 18.0 Å². The van der Waals surface area contributed by atoms with Crippen molar-refractivity contribution >= 4 is 17.9 Å². The summed E-state index contributed by atoms with van der Waals surface area (Å²) in [4.78, 5) is 35.1. The third kappa shape index (κ3) is 5.48. The van der Waals surface area contributed by atoms with Crippen LogP contribution in [-0.2, 0) is 14.4 Å². The Kier molecular flexibility index (Phi) is 9.20. The fourth-order valence-electron chi connectivity index (χ4n) is 2.05. The number of rotatable bonds is 11. The first-order chi connectivity index (χ1) is 9.42. The Bertz CT molecular complexity index is 334. The van der Waals surface area contributed by atoms with E-state index in [0.29, 0.717) is 25.8 Å². The Labute approximate surface area is 120 Å². The zero-order chi connectivity index (χ0) is 15.7. The lowest BCUT2D eigenvalue weighted by atomic mass is 9.83. The van der Waals surface area contributed by atoms with E-state index < -0.39 is 23.9 Å². The van der Waals surface area contributed by atoms with Gasteiger partial charge in [0, 0.05) is 5.92 Å². The molecule has 6 N–H and O–H groups in total. The van der Waals surface area contributed by atoms with Crippen molar-refractivity contribution in [2.45, 2.75) is 51.6 Å². The van der Waals surface area contributed by atoms with Crippen molar-refractivity contribution < 1.29 is 14.4 Å². The number of carbonyl (C=O) groups excluding carboxylic acids is 3. The van der Waals surface area contributed by atoms with Gasteiger partial charge in [0.2, 0.25) is 6.29 Å². The molecule has 0 amide bonds. The van der Waals surface area contributed by atoms with Gasteiger partial charge in [-0.2, -0.15) is 0 Å². The van der Waals surface area contributed by atoms with E-state index in [1.54, 1.807) is 13.2 Å². The summed E-state index contributed by atoms with van der Waals surface area (Å²) < 4.78 is 0. The minimum Gasteiger partial charge on any atom is -0.330 e. The number of carbonyl (C=O) groups is 2. The second-order valence-corrected chi connectivity index (χ2v) is 5.01. The molecule has 4 atom stereocenters. The maximum atomic E-state index is 12.1. The summed E-state index contributed by atoms with van der Waals surface area (Å²) in [6.07, 6.45) is 3.16. The average Bonchev–Trinajstić information content (AvgIpc) is 2.48. The maximum Gasteiger partial charge on any atom is 0.209 e. The van der Waals surface area contributed by atoms with Crippen LogP contribution in [0.25, 0.3) is 0 Å². The molecule has 0 aliphatic heterocycles. The number of hydrogen-bond donors (Lipinski definition) is 3. The lowest BCUT2D eigenvalue weighted by molar-refractivity contribution is -0.126. The second-order valence-electron chi connectivity index (χ2n) is 5.01. The van der Waals surface area contributed by atoms with Gasteiger partial charge in [0.15, 0.2) is 11.6 Å². The highest BCUT2D eigenvalue weighted by Crippen LogP contribution is 2.19. The van der Waals surface area contributed by atoms with E-state index >= 15 is 0 Å². The Balaban J connectivity index is 4.90. The Morgan fingerprint density at radius 2 is 1.55 bits per heavy atom. The molecule has 0 spiro atoms. The van der Waals surface area contributed by atoms with Gasteiger partial charge in [-0.15, -0.1) is 0 Å². The smallest absolute Gasteiger partial charge is 0.209 e. The molecule has 1 radical (unpaired) electrons. The van der Waals surface area contributed by atoms with Gasteiger partial charge < -0.3 is 17.2 Å². The van der Waals surface area contributed by atoms with Crippen LogP contribution in [0, 0.1) is 11.8 Å². The van der Waals surface area contributed by atoms with Gasteiger partial charge in [0.05, 0.1) is 18.0 Å². The molecule has 115 valence electrons. The molecule has 0 saturated heterocycles. The van der Waals surface area contributed by atoms with Gasteiger partial charge >= 0.3 is 0 Å². The predicted octanol–water partition coefficient (Wildman–Crippen LogP) is -0.320. The summed E-state index contributed by atoms with van der Waals surface area (Å²) in [6.45, 7) is 3.87. The van der Waals surface area contributed by atoms with Crippen LogP contribution in [-0.4, -0.2) is 36.5 Å². The van der Waals surface area contributed by atoms with Crippen molar-refractivity contribution in [3.63, 3.8) is 0 Å². The highest BCUT2D eigenvalue weighted by atomic mass is 16.1. The highest BCUT2D eigenvalue weighted by molar-refractivity contribution is 5.97. The maximum absolute atomic E-state index is 12.1. The molecule has 0 bridgehead atoms. The molecule has 6 nitrogen and oxygen atoms in total. The monoisotopic (exact) mass is 284 g/mol. The van der Waals surface area contributed by atoms with Crippen LogP contribution in [0.5, 0.6) is 0 Å². The van der Waals surface area contributed by atoms with Crippen molar-refractivity contribution in [2.75, 3.05) is 6.54 Å². The van der Waals surface area contributed by atoms with E-state index in [1.807, 2.05) is 6.92 Å². The van der Waals surface area contributed by atoms with E-state index in [4.69, 9.17) is 17.2 Å². The summed E-state index contributed by atoms with van der Waals surface area (Å²) in [5.41, 5.74) is 16.9. The van der Waals surface area contributed by atoms with Crippen LogP contribution < -0.4 is 17.2 Å². The van der Waals surface area contributed by atoms with Crippen molar-refractivity contribution in [2.24, 2.45) is 29.0 Å². The lowest BCUT2D eigenvalue weighted by Gasteiger charge is -2.21. The van der Waals surface area contributed by atoms with Crippen LogP contribution >= 0.6 is 0 Å². The molecule has 0 heterocycles. The standard InChI is InChI=1S/C14H26N3O3/c1-3-11(16)13(19)9(5-6-15)7-10(8-18)14(20)12(17)4-2/h9-12H,3-7,15-17H2,1-2H3. The van der Waals surface area contributed by atoms with Crippen molar-refractivity contribution in [1.82, 2.24) is 0 Å². The van der Waals surface area contributed by atoms with Crippen LogP contribution in [0.4, 0.5) is 0 Å². The summed E-state index contributed by atoms with van der Waals surface area (Å²) in [7, 11) is 0. The van der Waals surface area contributed by atoms with Gasteiger partial charge in [-0.1, -0.05) is 13.8 Å². The van der Waals surface area contributed by atoms with Gasteiger partial charge in [0.1, 0.15) is 0 Å². The number of hydrogen-bond acceptors (Lipinski definition) is 6. The molecule has 4 unspecified atom stereocenters. The van der Waals surface area contributed by atoms with Gasteiger partial charge in [-0.3, -0.25) is 14.4 Å². The third-order valence-corrected chi connectivity index (χ3v) is 3.53. The van der Waals surface area contributed by atoms with E-state index in [1.165, 1.54) is 0 Å². The lowest BCUT2D eigenvalue weighted by Crippen LogP contribution is -2.40. The first kappa shape index (κ1) is 18.9. The first-order valence-electron chi connectivity index (χ1n) is 7.09. The topological polar surface area (TPSA) is 129 Å². The molecule has 0 aromatic rings. The molecule has 0 rings (SSSR count). The van der Waals surface area contributed by atoms with Crippen LogP contribution in [0.2, 0.25) is 0 Å². The minimum atomic E-state index is -0.977. The molecular formula is C14H26N3O3. The number of ketones is 2. The van der Waals surface area contributed by atoms with Gasteiger partial charge in [-0.25, -0.2) is 0 Å². The summed E-state index contributed by atoms with van der Waals surface area (Å²) >= 11 is 0. The van der Waals surface area contributed by atoms with Crippen molar-refractivity contribution in [1.29, 1.82) is 0 Å². The molecule has 0 aliphatic rings. The zero-order valence-corrected chi connectivity index (χ0v) is 12.3. The largest absolute Gasteiger partial charge is 0.330 e. The second kappa shape index (κ2) is 9.74. The summed E-state index contributed by atoms with van der Waals surface area (Å²) in [6, 6.07) is -1.29. The third-order valence-electron chi connectivity index (χ3n) is 3.53. The molecule has 20 heavy (non-hydrogen) atoms. The normalized spacial score (nSPS) is 17.1. The Morgan fingerprint density at radius 1 is 1.05 bits per heavy atom. The van der Waals surface area contributed by atoms with Crippen molar-refractivity contribution in [3.8, 4) is 0 Å². The van der Waals surface area contributed by atoms with Gasteiger partial charge in [-0.05, 0) is 32.2 Å². The zero-order valence-electron chi connectivity index (χ0n) is 12.3. The number of Topliss-reactive ketones (excluding diaryl/α,β-unsaturated/α-hetero) is 2. The van der Waals surface area contributed by atoms with E-state index in [2.05, 4.69) is 0 Å². The minimum absolute atomic E-state index is 0.0970. The summed E-state index contributed by atoms with van der Waals surface area (Å²) in [5, 5.41) is 0. The average molecular weight is 284 g/mol. The van der Waals surface area contributed by atoms with Crippen LogP contribution in [0.1, 0.15) is 39.5 Å². The molecule has 0 aliphatic carbocycles. The number of nitrogens with two attached hydrogens (primary N) is 3.